The van der Waals surface area contributed by atoms with Crippen molar-refractivity contribution >= 4 is 26.4 Å². The maximum absolute atomic E-state index is 13.3. The summed E-state index contributed by atoms with van der Waals surface area (Å²) in [6.07, 6.45) is 1.59. The maximum atomic E-state index is 13.3. The largest absolute Gasteiger partial charge is 0.497 e. The lowest BCUT2D eigenvalue weighted by molar-refractivity contribution is -0.347. The highest BCUT2D eigenvalue weighted by molar-refractivity contribution is 7.91. The summed E-state index contributed by atoms with van der Waals surface area (Å²) in [5.74, 6) is 0.688. The van der Waals surface area contributed by atoms with Gasteiger partial charge in [0.25, 0.3) is 0 Å². The van der Waals surface area contributed by atoms with Crippen LogP contribution in [0, 0.1) is 0 Å². The van der Waals surface area contributed by atoms with E-state index in [1.54, 1.807) is 37.6 Å². The Morgan fingerprint density at radius 2 is 1.73 bits per heavy atom. The van der Waals surface area contributed by atoms with Crippen molar-refractivity contribution in [1.82, 2.24) is 0 Å². The average Bonchev–Trinajstić information content (AvgIpc) is 2.69. The molecule has 0 atom stereocenters. The van der Waals surface area contributed by atoms with Gasteiger partial charge in [-0.05, 0) is 38.1 Å². The van der Waals surface area contributed by atoms with Crippen LogP contribution in [-0.4, -0.2) is 28.6 Å². The number of aromatic nitrogens is 1. The number of sulfone groups is 1. The number of H-pyrrole nitrogens is 1. The first-order chi connectivity index (χ1) is 12.5. The van der Waals surface area contributed by atoms with Gasteiger partial charge in [0.15, 0.2) is 11.1 Å². The zero-order chi connectivity index (χ0) is 18.7. The van der Waals surface area contributed by atoms with Crippen molar-refractivity contribution in [2.24, 2.45) is 0 Å². The molecule has 1 aromatic heterocycles. The molecule has 6 heteroatoms. The molecule has 0 aliphatic carbocycles. The fraction of sp³-hybridized carbons (Fsp3) is 0.250. The summed E-state index contributed by atoms with van der Waals surface area (Å²) in [6, 6.07) is 14.2. The molecule has 0 fully saturated rings. The number of ether oxygens (including phenoxy) is 1. The third-order valence-corrected chi connectivity index (χ3v) is 6.28. The molecule has 2 aromatic carbocycles. The molecule has 1 N–H and O–H groups in total. The van der Waals surface area contributed by atoms with Crippen LogP contribution < -0.4 is 14.6 Å². The molecular formula is C20H23N2O3S+. The van der Waals surface area contributed by atoms with Gasteiger partial charge >= 0.3 is 0 Å². The summed E-state index contributed by atoms with van der Waals surface area (Å²) >= 11 is 0. The van der Waals surface area contributed by atoms with E-state index in [4.69, 9.17) is 4.74 Å². The first-order valence-corrected chi connectivity index (χ1v) is 10.1. The maximum Gasteiger partial charge on any atom is 0.214 e. The molecule has 0 saturated heterocycles. The van der Waals surface area contributed by atoms with Crippen molar-refractivity contribution in [3.8, 4) is 5.75 Å². The first kappa shape index (κ1) is 18.2. The summed E-state index contributed by atoms with van der Waals surface area (Å²) in [5.41, 5.74) is 1.56. The Kier molecular flexibility index (Phi) is 5.13. The van der Waals surface area contributed by atoms with Crippen molar-refractivity contribution in [2.45, 2.75) is 23.6 Å². The smallest absolute Gasteiger partial charge is 0.214 e. The topological polar surface area (TPSA) is 60.8 Å². The summed E-state index contributed by atoms with van der Waals surface area (Å²) in [4.78, 5) is 5.74. The van der Waals surface area contributed by atoms with E-state index >= 15 is 0 Å². The van der Waals surface area contributed by atoms with Gasteiger partial charge in [0.2, 0.25) is 15.4 Å². The van der Waals surface area contributed by atoms with Crippen LogP contribution in [0.1, 0.15) is 13.8 Å². The number of hydrogen-bond donors (Lipinski definition) is 0. The van der Waals surface area contributed by atoms with Crippen LogP contribution in [0.2, 0.25) is 0 Å². The van der Waals surface area contributed by atoms with Gasteiger partial charge < -0.3 is 9.64 Å². The van der Waals surface area contributed by atoms with Gasteiger partial charge in [-0.1, -0.05) is 18.2 Å². The van der Waals surface area contributed by atoms with Gasteiger partial charge in [-0.25, -0.2) is 13.4 Å². The molecule has 0 saturated carbocycles. The van der Waals surface area contributed by atoms with Gasteiger partial charge in [-0.2, -0.15) is 0 Å². The van der Waals surface area contributed by atoms with Crippen molar-refractivity contribution < 1.29 is 18.1 Å². The molecular weight excluding hydrogens is 348 g/mol. The summed E-state index contributed by atoms with van der Waals surface area (Å²) < 4.78 is 32.0. The van der Waals surface area contributed by atoms with Crippen molar-refractivity contribution in [3.63, 3.8) is 0 Å². The number of fused-ring (bicyclic) bond motifs is 1. The quantitative estimate of drug-likeness (QED) is 0.667. The van der Waals surface area contributed by atoms with Crippen LogP contribution in [0.15, 0.2) is 64.5 Å². The number of methoxy groups -OCH3 is 1. The van der Waals surface area contributed by atoms with Crippen LogP contribution in [0.3, 0.4) is 0 Å². The van der Waals surface area contributed by atoms with E-state index in [9.17, 15) is 8.42 Å². The van der Waals surface area contributed by atoms with Crippen LogP contribution in [0.4, 0.5) is 5.69 Å². The minimum Gasteiger partial charge on any atom is -0.497 e. The molecule has 26 heavy (non-hydrogen) atoms. The Balaban J connectivity index is 2.36. The number of aromatic amines is 1. The number of nitrogens with one attached hydrogen (secondary N) is 1. The lowest BCUT2D eigenvalue weighted by Gasteiger charge is -2.24. The fourth-order valence-corrected chi connectivity index (χ4v) is 4.59. The molecule has 0 aliphatic heterocycles. The van der Waals surface area contributed by atoms with Crippen molar-refractivity contribution in [1.29, 1.82) is 0 Å². The second-order valence-corrected chi connectivity index (χ2v) is 7.82. The minimum atomic E-state index is -3.66. The van der Waals surface area contributed by atoms with E-state index in [-0.39, 0.29) is 9.79 Å². The van der Waals surface area contributed by atoms with Gasteiger partial charge in [0.05, 0.1) is 23.1 Å². The number of pyridine rings is 1. The number of benzene rings is 2. The van der Waals surface area contributed by atoms with Crippen LogP contribution >= 0.6 is 0 Å². The second-order valence-electron chi connectivity index (χ2n) is 5.90. The third-order valence-electron chi connectivity index (χ3n) is 4.50. The zero-order valence-electron chi connectivity index (χ0n) is 15.2. The molecule has 0 bridgehead atoms. The van der Waals surface area contributed by atoms with Gasteiger partial charge in [0.1, 0.15) is 5.75 Å². The van der Waals surface area contributed by atoms with E-state index in [1.165, 1.54) is 0 Å². The van der Waals surface area contributed by atoms with E-state index in [0.29, 0.717) is 24.5 Å². The van der Waals surface area contributed by atoms with Crippen LogP contribution in [-0.2, 0) is 9.84 Å². The second kappa shape index (κ2) is 7.33. The standard InChI is InChI=1S/C20H22N2O3S/c1-4-22(5-2)20-17-13-15(25-3)11-12-18(17)21-14-19(20)26(23,24)16-9-7-6-8-10-16/h6-14H,4-5H2,1-3H3/p+1. The molecule has 3 aromatic rings. The lowest BCUT2D eigenvalue weighted by Crippen LogP contribution is -2.26. The van der Waals surface area contributed by atoms with Crippen LogP contribution in [0.5, 0.6) is 5.75 Å². The highest BCUT2D eigenvalue weighted by Crippen LogP contribution is 2.35. The number of nitrogens with zero attached hydrogens (tertiary/aromatic N) is 1. The highest BCUT2D eigenvalue weighted by Gasteiger charge is 2.28. The normalized spacial score (nSPS) is 11.5. The summed E-state index contributed by atoms with van der Waals surface area (Å²) in [5, 5.41) is 0.824. The lowest BCUT2D eigenvalue weighted by atomic mass is 10.1. The van der Waals surface area contributed by atoms with Gasteiger partial charge in [-0.3, -0.25) is 0 Å². The zero-order valence-corrected chi connectivity index (χ0v) is 16.0. The van der Waals surface area contributed by atoms with Gasteiger partial charge in [-0.15, -0.1) is 0 Å². The van der Waals surface area contributed by atoms with E-state index in [1.807, 2.05) is 38.1 Å². The number of rotatable bonds is 6. The molecule has 136 valence electrons. The monoisotopic (exact) mass is 371 g/mol. The molecule has 5 nitrogen and oxygen atoms in total. The Labute approximate surface area is 154 Å². The Morgan fingerprint density at radius 3 is 2.35 bits per heavy atom. The molecule has 3 rings (SSSR count). The molecule has 0 amide bonds. The van der Waals surface area contributed by atoms with E-state index < -0.39 is 9.84 Å². The number of anilines is 1. The first-order valence-electron chi connectivity index (χ1n) is 8.60. The highest BCUT2D eigenvalue weighted by atomic mass is 32.2. The third kappa shape index (κ3) is 3.12. The van der Waals surface area contributed by atoms with Crippen molar-refractivity contribution in [3.05, 3.63) is 54.7 Å². The molecule has 0 spiro atoms. The predicted octanol–water partition coefficient (Wildman–Crippen LogP) is 3.34. The minimum absolute atomic E-state index is 0.271. The molecule has 0 radical (unpaired) electrons. The average molecular weight is 371 g/mol. The number of hydrogen-bond acceptors (Lipinski definition) is 4. The summed E-state index contributed by atoms with van der Waals surface area (Å²) in [7, 11) is -2.06. The molecule has 0 unspecified atom stereocenters. The molecule has 0 aliphatic rings. The molecule has 1 heterocycles. The van der Waals surface area contributed by atoms with Crippen molar-refractivity contribution in [2.75, 3.05) is 25.1 Å². The van der Waals surface area contributed by atoms with E-state index in [0.717, 1.165) is 10.9 Å². The van der Waals surface area contributed by atoms with Gasteiger partial charge in [0, 0.05) is 19.2 Å². The van der Waals surface area contributed by atoms with Crippen LogP contribution in [0.25, 0.3) is 10.9 Å². The summed E-state index contributed by atoms with van der Waals surface area (Å²) in [6.45, 7) is 5.44. The van der Waals surface area contributed by atoms with E-state index in [2.05, 4.69) is 9.88 Å². The SMILES string of the molecule is CCN(CC)c1c(S(=O)(=O)c2ccccc2)c[nH+]c2ccc(OC)cc12. The Hall–Kier alpha value is -2.60. The Bertz CT molecular complexity index is 1010. The Morgan fingerprint density at radius 1 is 1.04 bits per heavy atom. The predicted molar refractivity (Wildman–Crippen MR) is 103 cm³/mol. The fourth-order valence-electron chi connectivity index (χ4n) is 3.11.